The molecule has 0 aliphatic heterocycles. The third-order valence-corrected chi connectivity index (χ3v) is 2.10. The molecule has 0 spiro atoms. The molecule has 0 unspecified atom stereocenters. The predicted octanol–water partition coefficient (Wildman–Crippen LogP) is 3.05. The van der Waals surface area contributed by atoms with Gasteiger partial charge >= 0.3 is 5.97 Å². The molecule has 1 aromatic carbocycles. The summed E-state index contributed by atoms with van der Waals surface area (Å²) in [5.41, 5.74) is 8.58. The van der Waals surface area contributed by atoms with Crippen LogP contribution in [0.1, 0.15) is 29.3 Å². The molecule has 0 saturated carbocycles. The van der Waals surface area contributed by atoms with E-state index in [1.54, 1.807) is 6.92 Å². The highest BCUT2D eigenvalue weighted by Crippen LogP contribution is 2.12. The lowest BCUT2D eigenvalue weighted by Crippen LogP contribution is -2.07. The van der Waals surface area contributed by atoms with Crippen molar-refractivity contribution in [2.45, 2.75) is 13.3 Å². The number of azide groups is 1. The summed E-state index contributed by atoms with van der Waals surface area (Å²) < 4.78 is 18.0. The van der Waals surface area contributed by atoms with Crippen molar-refractivity contribution in [3.8, 4) is 11.8 Å². The minimum atomic E-state index is -0.540. The number of carbonyl (C=O) groups is 1. The van der Waals surface area contributed by atoms with Gasteiger partial charge in [-0.05, 0) is 30.7 Å². The second kappa shape index (κ2) is 7.75. The highest BCUT2D eigenvalue weighted by Gasteiger charge is 2.11. The molecule has 0 saturated heterocycles. The number of rotatable bonds is 4. The van der Waals surface area contributed by atoms with Crippen LogP contribution in [0.15, 0.2) is 23.3 Å². The van der Waals surface area contributed by atoms with Gasteiger partial charge in [-0.15, -0.1) is 0 Å². The van der Waals surface area contributed by atoms with Gasteiger partial charge in [0.25, 0.3) is 0 Å². The normalized spacial score (nSPS) is 8.95. The van der Waals surface area contributed by atoms with Gasteiger partial charge in [-0.2, -0.15) is 0 Å². The fourth-order valence-corrected chi connectivity index (χ4v) is 1.32. The van der Waals surface area contributed by atoms with E-state index in [-0.39, 0.29) is 24.3 Å². The van der Waals surface area contributed by atoms with Crippen LogP contribution < -0.4 is 0 Å². The lowest BCUT2D eigenvalue weighted by Gasteiger charge is -2.04. The average molecular weight is 261 g/mol. The summed E-state index contributed by atoms with van der Waals surface area (Å²) in [5.74, 6) is 4.37. The molecule has 0 fully saturated rings. The van der Waals surface area contributed by atoms with Crippen molar-refractivity contribution < 1.29 is 13.9 Å². The molecule has 1 rings (SSSR count). The van der Waals surface area contributed by atoms with E-state index in [4.69, 9.17) is 10.3 Å². The number of benzene rings is 1. The zero-order valence-electron chi connectivity index (χ0n) is 10.4. The average Bonchev–Trinajstić information content (AvgIpc) is 2.39. The molecule has 0 heterocycles. The quantitative estimate of drug-likeness (QED) is 0.208. The standard InChI is InChI=1S/C13H12FN3O2/c1-2-19-13(18)12-7-6-11(14)9-10(12)5-3-4-8-16-17-15/h6-7,9H,2,4,8H2,1H3. The predicted molar refractivity (Wildman–Crippen MR) is 67.9 cm³/mol. The van der Waals surface area contributed by atoms with E-state index in [9.17, 15) is 9.18 Å². The first-order chi connectivity index (χ1) is 9.19. The van der Waals surface area contributed by atoms with Crippen molar-refractivity contribution in [2.75, 3.05) is 13.2 Å². The third kappa shape index (κ3) is 4.70. The summed E-state index contributed by atoms with van der Waals surface area (Å²) in [7, 11) is 0. The van der Waals surface area contributed by atoms with Crippen LogP contribution in [0.2, 0.25) is 0 Å². The van der Waals surface area contributed by atoms with Crippen LogP contribution >= 0.6 is 0 Å². The summed E-state index contributed by atoms with van der Waals surface area (Å²) in [6.45, 7) is 2.15. The molecule has 0 aromatic heterocycles. The van der Waals surface area contributed by atoms with Crippen molar-refractivity contribution >= 4 is 5.97 Å². The molecule has 0 aliphatic rings. The first-order valence-corrected chi connectivity index (χ1v) is 5.65. The summed E-state index contributed by atoms with van der Waals surface area (Å²) in [6, 6.07) is 3.69. The van der Waals surface area contributed by atoms with E-state index >= 15 is 0 Å². The molecule has 19 heavy (non-hydrogen) atoms. The fraction of sp³-hybridized carbons (Fsp3) is 0.308. The van der Waals surface area contributed by atoms with Crippen LogP contribution in [0.4, 0.5) is 4.39 Å². The molecular weight excluding hydrogens is 249 g/mol. The zero-order chi connectivity index (χ0) is 14.1. The second-order valence-corrected chi connectivity index (χ2v) is 3.42. The van der Waals surface area contributed by atoms with Crippen LogP contribution in [-0.4, -0.2) is 19.1 Å². The van der Waals surface area contributed by atoms with Gasteiger partial charge in [-0.1, -0.05) is 17.0 Å². The van der Waals surface area contributed by atoms with Gasteiger partial charge in [0.1, 0.15) is 5.82 Å². The van der Waals surface area contributed by atoms with Gasteiger partial charge < -0.3 is 4.74 Å². The number of hydrogen-bond acceptors (Lipinski definition) is 3. The molecule has 0 radical (unpaired) electrons. The fourth-order valence-electron chi connectivity index (χ4n) is 1.32. The van der Waals surface area contributed by atoms with Gasteiger partial charge in [-0.25, -0.2) is 9.18 Å². The molecule has 0 bridgehead atoms. The Labute approximate surface area is 110 Å². The lowest BCUT2D eigenvalue weighted by molar-refractivity contribution is 0.0526. The van der Waals surface area contributed by atoms with Crippen molar-refractivity contribution in [1.82, 2.24) is 0 Å². The lowest BCUT2D eigenvalue weighted by atomic mass is 10.1. The zero-order valence-corrected chi connectivity index (χ0v) is 10.4. The number of halogens is 1. The van der Waals surface area contributed by atoms with E-state index in [1.807, 2.05) is 0 Å². The Hall–Kier alpha value is -2.51. The van der Waals surface area contributed by atoms with E-state index in [0.29, 0.717) is 6.42 Å². The van der Waals surface area contributed by atoms with E-state index in [1.165, 1.54) is 18.2 Å². The third-order valence-electron chi connectivity index (χ3n) is 2.10. The maximum absolute atomic E-state index is 13.1. The van der Waals surface area contributed by atoms with Crippen molar-refractivity contribution in [3.63, 3.8) is 0 Å². The Bertz CT molecular complexity index is 569. The van der Waals surface area contributed by atoms with Crippen molar-refractivity contribution in [1.29, 1.82) is 0 Å². The molecule has 0 atom stereocenters. The van der Waals surface area contributed by atoms with Gasteiger partial charge in [0.05, 0.1) is 12.2 Å². The van der Waals surface area contributed by atoms with Gasteiger partial charge in [0, 0.05) is 23.4 Å². The summed E-state index contributed by atoms with van der Waals surface area (Å²) in [6.07, 6.45) is 0.336. The number of ether oxygens (including phenoxy) is 1. The summed E-state index contributed by atoms with van der Waals surface area (Å²) in [4.78, 5) is 14.2. The Morgan fingerprint density at radius 1 is 1.58 bits per heavy atom. The van der Waals surface area contributed by atoms with Crippen LogP contribution in [0.5, 0.6) is 0 Å². The topological polar surface area (TPSA) is 75.1 Å². The molecule has 98 valence electrons. The highest BCUT2D eigenvalue weighted by molar-refractivity contribution is 5.92. The molecular formula is C13H12FN3O2. The monoisotopic (exact) mass is 261 g/mol. The molecule has 0 amide bonds. The number of carbonyl (C=O) groups excluding carboxylic acids is 1. The molecule has 6 heteroatoms. The smallest absolute Gasteiger partial charge is 0.339 e. The van der Waals surface area contributed by atoms with Crippen LogP contribution in [-0.2, 0) is 4.74 Å². The molecule has 5 nitrogen and oxygen atoms in total. The van der Waals surface area contributed by atoms with Crippen molar-refractivity contribution in [3.05, 3.63) is 45.6 Å². The van der Waals surface area contributed by atoms with Gasteiger partial charge in [-0.3, -0.25) is 0 Å². The molecule has 0 aliphatic carbocycles. The van der Waals surface area contributed by atoms with Crippen LogP contribution in [0.25, 0.3) is 10.4 Å². The SMILES string of the molecule is CCOC(=O)c1ccc(F)cc1C#CCCN=[N+]=[N-]. The second-order valence-electron chi connectivity index (χ2n) is 3.42. The van der Waals surface area contributed by atoms with E-state index in [2.05, 4.69) is 21.9 Å². The van der Waals surface area contributed by atoms with E-state index < -0.39 is 11.8 Å². The maximum atomic E-state index is 13.1. The Kier molecular flexibility index (Phi) is 5.93. The summed E-state index contributed by atoms with van der Waals surface area (Å²) >= 11 is 0. The highest BCUT2D eigenvalue weighted by atomic mass is 19.1. The Balaban J connectivity index is 2.93. The number of hydrogen-bond donors (Lipinski definition) is 0. The van der Waals surface area contributed by atoms with E-state index in [0.717, 1.165) is 0 Å². The first kappa shape index (κ1) is 14.6. The first-order valence-electron chi connectivity index (χ1n) is 5.65. The van der Waals surface area contributed by atoms with Gasteiger partial charge in [0.15, 0.2) is 0 Å². The minimum Gasteiger partial charge on any atom is -0.462 e. The van der Waals surface area contributed by atoms with Crippen LogP contribution in [0, 0.1) is 17.7 Å². The molecule has 1 aromatic rings. The van der Waals surface area contributed by atoms with Gasteiger partial charge in [0.2, 0.25) is 0 Å². The Morgan fingerprint density at radius 2 is 2.37 bits per heavy atom. The molecule has 0 N–H and O–H groups in total. The van der Waals surface area contributed by atoms with Crippen LogP contribution in [0.3, 0.4) is 0 Å². The Morgan fingerprint density at radius 3 is 3.05 bits per heavy atom. The maximum Gasteiger partial charge on any atom is 0.339 e. The summed E-state index contributed by atoms with van der Waals surface area (Å²) in [5, 5.41) is 3.32. The minimum absolute atomic E-state index is 0.222. The van der Waals surface area contributed by atoms with Crippen molar-refractivity contribution in [2.24, 2.45) is 5.11 Å². The number of nitrogens with zero attached hydrogens (tertiary/aromatic N) is 3. The largest absolute Gasteiger partial charge is 0.462 e. The number of esters is 1.